The predicted octanol–water partition coefficient (Wildman–Crippen LogP) is 1.59. The molecule has 2 heterocycles. The summed E-state index contributed by atoms with van der Waals surface area (Å²) in [5.41, 5.74) is 6.00. The van der Waals surface area contributed by atoms with Crippen LogP contribution in [0.25, 0.3) is 0 Å². The van der Waals surface area contributed by atoms with E-state index in [2.05, 4.69) is 18.9 Å². The first-order valence-electron chi connectivity index (χ1n) is 7.14. The molecule has 0 spiro atoms. The van der Waals surface area contributed by atoms with Crippen molar-refractivity contribution in [2.45, 2.75) is 44.4 Å². The number of nitrogens with two attached hydrogens (primary N) is 1. The van der Waals surface area contributed by atoms with Crippen LogP contribution in [-0.2, 0) is 17.1 Å². The molecule has 0 bridgehead atoms. The molecule has 0 atom stereocenters. The van der Waals surface area contributed by atoms with Crippen molar-refractivity contribution in [3.05, 3.63) is 6.20 Å². The van der Waals surface area contributed by atoms with E-state index in [1.54, 1.807) is 11.4 Å². The van der Waals surface area contributed by atoms with Gasteiger partial charge in [-0.1, -0.05) is 26.7 Å². The molecule has 7 heteroatoms. The van der Waals surface area contributed by atoms with Gasteiger partial charge in [0.15, 0.2) is 5.82 Å². The van der Waals surface area contributed by atoms with Gasteiger partial charge in [-0.05, 0) is 18.3 Å². The van der Waals surface area contributed by atoms with Gasteiger partial charge in [0.05, 0.1) is 0 Å². The Balaban J connectivity index is 2.20. The van der Waals surface area contributed by atoms with E-state index in [1.165, 1.54) is 10.9 Å². The zero-order valence-corrected chi connectivity index (χ0v) is 13.3. The van der Waals surface area contributed by atoms with E-state index in [0.717, 1.165) is 25.7 Å². The van der Waals surface area contributed by atoms with E-state index < -0.39 is 10.0 Å². The van der Waals surface area contributed by atoms with Gasteiger partial charge in [0.2, 0.25) is 10.0 Å². The van der Waals surface area contributed by atoms with Gasteiger partial charge >= 0.3 is 0 Å². The van der Waals surface area contributed by atoms with Crippen LogP contribution in [0.4, 0.5) is 5.82 Å². The molecule has 1 saturated heterocycles. The van der Waals surface area contributed by atoms with Crippen LogP contribution >= 0.6 is 0 Å². The third-order valence-corrected chi connectivity index (χ3v) is 6.64. The first kappa shape index (κ1) is 15.3. The number of nitrogens with zero attached hydrogens (tertiary/aromatic N) is 3. The second-order valence-electron chi connectivity index (χ2n) is 5.66. The molecule has 1 aromatic rings. The third kappa shape index (κ3) is 2.56. The van der Waals surface area contributed by atoms with Gasteiger partial charge in [0.25, 0.3) is 0 Å². The largest absolute Gasteiger partial charge is 0.381 e. The summed E-state index contributed by atoms with van der Waals surface area (Å²) in [6, 6.07) is 0. The normalized spacial score (nSPS) is 20.1. The highest BCUT2D eigenvalue weighted by Gasteiger charge is 2.37. The zero-order chi connectivity index (χ0) is 15.0. The lowest BCUT2D eigenvalue weighted by Gasteiger charge is -2.40. The summed E-state index contributed by atoms with van der Waals surface area (Å²) >= 11 is 0. The van der Waals surface area contributed by atoms with Gasteiger partial charge in [0.1, 0.15) is 4.90 Å². The van der Waals surface area contributed by atoms with Gasteiger partial charge in [-0.3, -0.25) is 4.68 Å². The molecule has 0 unspecified atom stereocenters. The van der Waals surface area contributed by atoms with Gasteiger partial charge in [0, 0.05) is 26.3 Å². The molecule has 114 valence electrons. The maximum atomic E-state index is 12.6. The number of hydrogen-bond acceptors (Lipinski definition) is 4. The summed E-state index contributed by atoms with van der Waals surface area (Å²) in [6.07, 6.45) is 5.52. The maximum Gasteiger partial charge on any atom is 0.248 e. The summed E-state index contributed by atoms with van der Waals surface area (Å²) < 4.78 is 28.2. The Labute approximate surface area is 121 Å². The smallest absolute Gasteiger partial charge is 0.248 e. The lowest BCUT2D eigenvalue weighted by molar-refractivity contribution is 0.141. The SMILES string of the molecule is CCC1(CC)CCN(S(=O)(=O)c2cn(C)nc2N)CC1. The van der Waals surface area contributed by atoms with E-state index >= 15 is 0 Å². The van der Waals surface area contributed by atoms with Gasteiger partial charge in [-0.15, -0.1) is 0 Å². The maximum absolute atomic E-state index is 12.6. The third-order valence-electron chi connectivity index (χ3n) is 4.72. The lowest BCUT2D eigenvalue weighted by Crippen LogP contribution is -2.42. The number of rotatable bonds is 4. The summed E-state index contributed by atoms with van der Waals surface area (Å²) in [4.78, 5) is 0.125. The Bertz CT molecular complexity index is 565. The van der Waals surface area contributed by atoms with Crippen molar-refractivity contribution in [2.24, 2.45) is 12.5 Å². The molecule has 0 aromatic carbocycles. The van der Waals surface area contributed by atoms with Gasteiger partial charge < -0.3 is 5.73 Å². The summed E-state index contributed by atoms with van der Waals surface area (Å²) in [7, 11) is -1.84. The van der Waals surface area contributed by atoms with Crippen LogP contribution in [0.15, 0.2) is 11.1 Å². The fourth-order valence-corrected chi connectivity index (χ4v) is 4.51. The molecular formula is C13H24N4O2S. The Morgan fingerprint density at radius 1 is 1.30 bits per heavy atom. The molecular weight excluding hydrogens is 276 g/mol. The second kappa shape index (κ2) is 5.37. The average molecular weight is 300 g/mol. The van der Waals surface area contributed by atoms with E-state index in [-0.39, 0.29) is 10.7 Å². The molecule has 2 N–H and O–H groups in total. The van der Waals surface area contributed by atoms with Crippen molar-refractivity contribution in [3.8, 4) is 0 Å². The van der Waals surface area contributed by atoms with Crippen LogP contribution in [0.5, 0.6) is 0 Å². The number of piperidine rings is 1. The Morgan fingerprint density at radius 3 is 2.25 bits per heavy atom. The van der Waals surface area contributed by atoms with Crippen LogP contribution < -0.4 is 5.73 Å². The quantitative estimate of drug-likeness (QED) is 0.915. The first-order chi connectivity index (χ1) is 9.34. The molecule has 0 saturated carbocycles. The summed E-state index contributed by atoms with van der Waals surface area (Å²) in [5, 5.41) is 3.92. The van der Waals surface area contributed by atoms with Crippen molar-refractivity contribution in [1.82, 2.24) is 14.1 Å². The van der Waals surface area contributed by atoms with E-state index in [0.29, 0.717) is 18.5 Å². The molecule has 1 aliphatic rings. The fraction of sp³-hybridized carbons (Fsp3) is 0.769. The molecule has 2 rings (SSSR count). The lowest BCUT2D eigenvalue weighted by atomic mass is 9.75. The van der Waals surface area contributed by atoms with Crippen molar-refractivity contribution in [1.29, 1.82) is 0 Å². The minimum atomic E-state index is -3.51. The molecule has 0 aliphatic carbocycles. The van der Waals surface area contributed by atoms with Gasteiger partial charge in [-0.2, -0.15) is 9.40 Å². The van der Waals surface area contributed by atoms with Crippen LogP contribution in [0.2, 0.25) is 0 Å². The van der Waals surface area contributed by atoms with Crippen LogP contribution in [0.3, 0.4) is 0 Å². The monoisotopic (exact) mass is 300 g/mol. The van der Waals surface area contributed by atoms with Crippen molar-refractivity contribution in [2.75, 3.05) is 18.8 Å². The van der Waals surface area contributed by atoms with E-state index in [9.17, 15) is 8.42 Å². The Hall–Kier alpha value is -1.08. The summed E-state index contributed by atoms with van der Waals surface area (Å²) in [6.45, 7) is 5.51. The predicted molar refractivity (Wildman–Crippen MR) is 78.6 cm³/mol. The highest BCUT2D eigenvalue weighted by atomic mass is 32.2. The molecule has 6 nitrogen and oxygen atoms in total. The second-order valence-corrected chi connectivity index (χ2v) is 7.57. The Morgan fingerprint density at radius 2 is 1.85 bits per heavy atom. The number of anilines is 1. The molecule has 1 aromatic heterocycles. The number of aromatic nitrogens is 2. The average Bonchev–Trinajstić information content (AvgIpc) is 2.78. The highest BCUT2D eigenvalue weighted by molar-refractivity contribution is 7.89. The van der Waals surface area contributed by atoms with Crippen LogP contribution in [0, 0.1) is 5.41 Å². The van der Waals surface area contributed by atoms with Crippen LogP contribution in [0.1, 0.15) is 39.5 Å². The van der Waals surface area contributed by atoms with Crippen molar-refractivity contribution >= 4 is 15.8 Å². The number of aryl methyl sites for hydroxylation is 1. The molecule has 1 fully saturated rings. The first-order valence-corrected chi connectivity index (χ1v) is 8.58. The fourth-order valence-electron chi connectivity index (χ4n) is 2.98. The van der Waals surface area contributed by atoms with Crippen molar-refractivity contribution < 1.29 is 8.42 Å². The van der Waals surface area contributed by atoms with E-state index in [4.69, 9.17) is 5.73 Å². The topological polar surface area (TPSA) is 81.2 Å². The van der Waals surface area contributed by atoms with Crippen LogP contribution in [-0.4, -0.2) is 35.6 Å². The van der Waals surface area contributed by atoms with Crippen molar-refractivity contribution in [3.63, 3.8) is 0 Å². The minimum absolute atomic E-state index is 0.0790. The number of nitrogen functional groups attached to an aromatic ring is 1. The molecule has 1 aliphatic heterocycles. The molecule has 0 amide bonds. The minimum Gasteiger partial charge on any atom is -0.381 e. The highest BCUT2D eigenvalue weighted by Crippen LogP contribution is 2.39. The summed E-state index contributed by atoms with van der Waals surface area (Å²) in [5.74, 6) is 0.0790. The van der Waals surface area contributed by atoms with E-state index in [1.807, 2.05) is 0 Å². The number of sulfonamides is 1. The number of hydrogen-bond donors (Lipinski definition) is 1. The Kier molecular flexibility index (Phi) is 4.11. The molecule has 0 radical (unpaired) electrons. The molecule has 20 heavy (non-hydrogen) atoms. The standard InChI is InChI=1S/C13H24N4O2S/c1-4-13(5-2)6-8-17(9-7-13)20(18,19)11-10-16(3)15-12(11)14/h10H,4-9H2,1-3H3,(H2,14,15). The van der Waals surface area contributed by atoms with Gasteiger partial charge in [-0.25, -0.2) is 8.42 Å². The zero-order valence-electron chi connectivity index (χ0n) is 12.5.